The molecule has 8 N–H and O–H groups in total. The van der Waals surface area contributed by atoms with Crippen LogP contribution < -0.4 is 41.9 Å². The molecule has 0 saturated heterocycles. The van der Waals surface area contributed by atoms with Gasteiger partial charge in [0.05, 0.1) is 66.7 Å². The summed E-state index contributed by atoms with van der Waals surface area (Å²) in [6, 6.07) is 11.3. The number of pyridine rings is 4. The quantitative estimate of drug-likeness (QED) is 0.0809. The number of carbonyl (C=O) groups excluding carboxylic acids is 4. The van der Waals surface area contributed by atoms with Crippen molar-refractivity contribution in [3.63, 3.8) is 0 Å². The fourth-order valence-electron chi connectivity index (χ4n) is 13.3. The van der Waals surface area contributed by atoms with Gasteiger partial charge in [0.15, 0.2) is 46.3 Å². The first kappa shape index (κ1) is 61.7. The van der Waals surface area contributed by atoms with Crippen LogP contribution in [0.4, 0.5) is 64.1 Å². The number of benzene rings is 4. The number of amides is 4. The van der Waals surface area contributed by atoms with E-state index in [2.05, 4.69) is 59.7 Å². The van der Waals surface area contributed by atoms with Crippen LogP contribution >= 0.6 is 0 Å². The average Bonchev–Trinajstić information content (AvgIpc) is 1.20. The van der Waals surface area contributed by atoms with Gasteiger partial charge < -0.3 is 80.9 Å². The van der Waals surface area contributed by atoms with Gasteiger partial charge in [-0.25, -0.2) is 56.2 Å². The molecular formula is C84H76F4N24O8. The van der Waals surface area contributed by atoms with E-state index in [4.69, 9.17) is 92.8 Å². The number of rotatable bonds is 0. The number of carbonyl (C=O) groups is 4. The first-order valence-electron chi connectivity index (χ1n) is 44.4. The lowest BCUT2D eigenvalue weighted by Gasteiger charge is -2.23. The van der Waals surface area contributed by atoms with E-state index in [-0.39, 0.29) is 196 Å². The summed E-state index contributed by atoms with van der Waals surface area (Å²) in [6.45, 7) is 24.3. The molecule has 36 heteroatoms. The number of fused-ring (bicyclic) bond motifs is 20. The molecule has 4 amide bonds. The Morgan fingerprint density at radius 1 is 0.400 bits per heavy atom. The third kappa shape index (κ3) is 16.0. The van der Waals surface area contributed by atoms with E-state index in [1.165, 1.54) is 83.9 Å². The number of ether oxygens (including phenoxy) is 4. The van der Waals surface area contributed by atoms with Crippen molar-refractivity contribution in [2.45, 2.75) is 78.2 Å². The predicted molar refractivity (Wildman–Crippen MR) is 433 cm³/mol. The highest BCUT2D eigenvalue weighted by Gasteiger charge is 2.34. The van der Waals surface area contributed by atoms with Gasteiger partial charge in [-0.05, 0) is 147 Å². The van der Waals surface area contributed by atoms with E-state index in [1.807, 2.05) is 0 Å². The van der Waals surface area contributed by atoms with Crippen LogP contribution in [0.15, 0.2) is 122 Å². The van der Waals surface area contributed by atoms with Crippen molar-refractivity contribution >= 4 is 70.2 Å². The molecule has 12 aromatic rings. The number of nitrogen functional groups attached to an aromatic ring is 4. The minimum absolute atomic E-state index is 0.0117. The first-order valence-corrected chi connectivity index (χ1v) is 35.4. The highest BCUT2D eigenvalue weighted by Crippen LogP contribution is 2.45. The summed E-state index contributed by atoms with van der Waals surface area (Å²) in [7, 11) is 8.84. The van der Waals surface area contributed by atoms with Gasteiger partial charge in [-0.1, -0.05) is 26.3 Å². The van der Waals surface area contributed by atoms with Crippen LogP contribution in [0.3, 0.4) is 0 Å². The minimum Gasteiger partial charge on any atom is -0.482 e. The Kier molecular flexibility index (Phi) is 17.1. The van der Waals surface area contributed by atoms with Gasteiger partial charge in [0.1, 0.15) is 70.4 Å². The highest BCUT2D eigenvalue weighted by molar-refractivity contribution is 5.99. The molecule has 0 fully saturated rings. The predicted octanol–water partition coefficient (Wildman–Crippen LogP) is 13.9. The third-order valence-electron chi connectivity index (χ3n) is 19.0. The maximum Gasteiger partial charge on any atom is 0.260 e. The molecular weight excluding hydrogens is 1550 g/mol. The number of aromatic nitrogens is 12. The number of nitrogens with two attached hydrogens (primary N) is 4. The van der Waals surface area contributed by atoms with E-state index in [9.17, 15) is 36.7 Å². The minimum atomic E-state index is -3.31. The molecule has 120 heavy (non-hydrogen) atoms. The summed E-state index contributed by atoms with van der Waals surface area (Å²) in [4.78, 5) is 86.9. The molecule has 4 atom stereocenters. The second-order valence-electron chi connectivity index (χ2n) is 27.0. The maximum absolute atomic E-state index is 14.3. The summed E-state index contributed by atoms with van der Waals surface area (Å²) in [5.41, 5.74) is 23.2. The molecule has 0 aliphatic carbocycles. The summed E-state index contributed by atoms with van der Waals surface area (Å²) >= 11 is 0. The molecule has 32 nitrogen and oxygen atoms in total. The molecule has 4 aromatic carbocycles. The van der Waals surface area contributed by atoms with Crippen molar-refractivity contribution < 1.29 is 80.4 Å². The molecule has 0 unspecified atom stereocenters. The largest absolute Gasteiger partial charge is 0.482 e. The van der Waals surface area contributed by atoms with Gasteiger partial charge >= 0.3 is 0 Å². The Hall–Kier alpha value is -15.7. The first-order chi connectivity index (χ1) is 64.5. The zero-order valence-electron chi connectivity index (χ0n) is 82.5. The SMILES string of the molecule is [2H]c1nc(N)c2c([2H])c1-c1c(nn(C)c1[N+]#[C-])CN(C([2H])([2H])[2H])C(=O)c1ccc(F)cc1[C@@H](C)O2.[2H]c1nc(N)c2c([2H])c1-c1c(nn(C)c1[N+]#[C-])CN(C([2H])([2H])[2H])C(=O)c1ccc(F)cc1[C@@H](C)O2.[2H]c1nc(N)c2c([2H])c1-c1c(nn(C)c1[N+]#[C-])CN(C)C(=O)c1ccc(F)cc1[C@@H](C)O2.[2H]c1nc(N)c2c([2H])c1-c1c(nn(C)c1[N+]#[C-])CN(C)C(=O)c1ccc(F)cc1[C@]([2H])(C([2H])([2H])[2H])O2. The van der Waals surface area contributed by atoms with E-state index in [1.54, 1.807) is 21.0 Å². The molecule has 4 aliphatic heterocycles. The number of hydrogen-bond acceptors (Lipinski definition) is 20. The van der Waals surface area contributed by atoms with Crippen molar-refractivity contribution in [2.75, 3.05) is 51.0 Å². The van der Waals surface area contributed by atoms with Crippen molar-refractivity contribution in [1.82, 2.24) is 78.7 Å². The third-order valence-corrected chi connectivity index (χ3v) is 19.0. The highest BCUT2D eigenvalue weighted by atomic mass is 19.1. The Balaban J connectivity index is 0.000000155. The van der Waals surface area contributed by atoms with Crippen molar-refractivity contribution in [3.05, 3.63) is 258 Å². The monoisotopic (exact) mass is 1640 g/mol. The van der Waals surface area contributed by atoms with Gasteiger partial charge in [-0.15, -0.1) is 20.4 Å². The van der Waals surface area contributed by atoms with Gasteiger partial charge in [-0.2, -0.15) is 0 Å². The molecule has 8 bridgehead atoms. The van der Waals surface area contributed by atoms with Crippen LogP contribution in [0.5, 0.6) is 23.0 Å². The van der Waals surface area contributed by atoms with Crippen LogP contribution in [0.2, 0.25) is 0 Å². The maximum atomic E-state index is 14.3. The lowest BCUT2D eigenvalue weighted by Crippen LogP contribution is -2.28. The van der Waals surface area contributed by atoms with Gasteiger partial charge in [-0.3, -0.25) is 19.2 Å². The fourth-order valence-corrected chi connectivity index (χ4v) is 13.3. The Morgan fingerprint density at radius 2 is 0.642 bits per heavy atom. The number of halogens is 4. The molecule has 16 rings (SSSR count). The Morgan fingerprint density at radius 3 is 0.900 bits per heavy atom. The molecule has 0 saturated carbocycles. The van der Waals surface area contributed by atoms with Crippen molar-refractivity contribution in [2.24, 2.45) is 28.2 Å². The van der Waals surface area contributed by atoms with Crippen LogP contribution in [-0.2, 0) is 54.4 Å². The zero-order valence-corrected chi connectivity index (χ0v) is 64.5. The number of aryl methyl sites for hydroxylation is 4. The molecule has 608 valence electrons. The van der Waals surface area contributed by atoms with Crippen molar-refractivity contribution in [1.29, 1.82) is 0 Å². The van der Waals surface area contributed by atoms with Gasteiger partial charge in [0.25, 0.3) is 46.9 Å². The lowest BCUT2D eigenvalue weighted by molar-refractivity contribution is 0.0771. The van der Waals surface area contributed by atoms with E-state index in [0.717, 1.165) is 53.4 Å². The molecule has 8 aromatic heterocycles. The molecule has 0 radical (unpaired) electrons. The van der Waals surface area contributed by atoms with Crippen LogP contribution in [0.1, 0.15) is 163 Å². The number of nitrogens with zero attached hydrogens (tertiary/aromatic N) is 20. The van der Waals surface area contributed by atoms with E-state index < -0.39 is 147 Å². The topological polar surface area (TPSA) is 363 Å². The van der Waals surface area contributed by atoms with E-state index in [0.29, 0.717) is 21.6 Å². The standard InChI is InChI=1S/4C21H19FN6O2/c4*1-11-15-8-13(22)5-6-14(15)21(29)27(3)10-16-18(20(24-2)28(4)26-16)12-7-17(30-11)19(23)25-9-12/h4*5-9,11H,10H2,1,3-4H3,(H2,23,25)/t4*11-/m1110/s1/i2*3D3,7D,9D;7D,9D;1D3,7D,9D,11D. The van der Waals surface area contributed by atoms with Gasteiger partial charge in [0, 0.05) is 132 Å². The zero-order chi connectivity index (χ0) is 102. The summed E-state index contributed by atoms with van der Waals surface area (Å²) in [5, 5.41) is 17.1. The summed E-state index contributed by atoms with van der Waals surface area (Å²) in [5.74, 6) is -8.64. The molecule has 12 heterocycles. The number of anilines is 4. The summed E-state index contributed by atoms with van der Waals surface area (Å²) < 4.78 is 234. The second kappa shape index (κ2) is 33.2. The molecule has 4 aliphatic rings. The average molecular weight is 1640 g/mol. The smallest absolute Gasteiger partial charge is 0.260 e. The summed E-state index contributed by atoms with van der Waals surface area (Å²) in [6.07, 6.45) is -7.84. The van der Waals surface area contributed by atoms with Crippen LogP contribution in [0, 0.1) is 49.6 Å². The number of hydrogen-bond donors (Lipinski definition) is 4. The molecule has 0 spiro atoms. The van der Waals surface area contributed by atoms with Crippen molar-refractivity contribution in [3.8, 4) is 67.5 Å². The fraction of sp³-hybridized carbons (Fsp3) is 0.238. The normalized spacial score (nSPS) is 19.0. The lowest BCUT2D eigenvalue weighted by atomic mass is 10.0. The Bertz CT molecular complexity index is 7100. The van der Waals surface area contributed by atoms with Crippen LogP contribution in [-0.4, -0.2) is 130 Å². The van der Waals surface area contributed by atoms with Gasteiger partial charge in [0.2, 0.25) is 0 Å². The van der Waals surface area contributed by atoms with E-state index >= 15 is 0 Å². The van der Waals surface area contributed by atoms with Crippen LogP contribution in [0.25, 0.3) is 63.9 Å². The second-order valence-corrected chi connectivity index (χ2v) is 27.0. The Labute approximate surface area is 709 Å².